The zero-order valence-electron chi connectivity index (χ0n) is 25.9. The molecule has 48 heavy (non-hydrogen) atoms. The lowest BCUT2D eigenvalue weighted by molar-refractivity contribution is -0.189. The van der Waals surface area contributed by atoms with E-state index >= 15 is 4.39 Å². The molecule has 0 radical (unpaired) electrons. The Bertz CT molecular complexity index is 1800. The molecule has 0 unspecified atom stereocenters. The fraction of sp³-hybridized carbons (Fsp3) is 0.316. The Kier molecular flexibility index (Phi) is 10.8. The van der Waals surface area contributed by atoms with Crippen LogP contribution in [0, 0.1) is 58.5 Å². The highest BCUT2D eigenvalue weighted by Gasteiger charge is 2.41. The van der Waals surface area contributed by atoms with Crippen molar-refractivity contribution in [2.45, 2.75) is 70.3 Å². The summed E-state index contributed by atoms with van der Waals surface area (Å²) in [7, 11) is 0. The van der Waals surface area contributed by atoms with Crippen LogP contribution in [0.25, 0.3) is 11.1 Å². The summed E-state index contributed by atoms with van der Waals surface area (Å²) in [6.07, 6.45) is 4.41. The predicted molar refractivity (Wildman–Crippen MR) is 164 cm³/mol. The van der Waals surface area contributed by atoms with Crippen LogP contribution in [0.1, 0.15) is 86.5 Å². The SMILES string of the molecule is CCCCCC1CCC(c2ccc(-c3ccc(C#Cc4cc(F)c(C(F)(F)Oc5cc(F)c(F)c(F)c5)c(F)c4)c(F)c3)c(F)c2)CC1. The fourth-order valence-electron chi connectivity index (χ4n) is 6.12. The summed E-state index contributed by atoms with van der Waals surface area (Å²) in [5.74, 6) is -6.17. The van der Waals surface area contributed by atoms with Gasteiger partial charge >= 0.3 is 6.11 Å². The first kappa shape index (κ1) is 34.9. The van der Waals surface area contributed by atoms with Crippen LogP contribution < -0.4 is 4.74 Å². The second-order valence-corrected chi connectivity index (χ2v) is 12.0. The van der Waals surface area contributed by atoms with E-state index < -0.39 is 63.7 Å². The topological polar surface area (TPSA) is 9.23 Å². The van der Waals surface area contributed by atoms with Gasteiger partial charge in [0.15, 0.2) is 17.5 Å². The molecule has 0 bridgehead atoms. The summed E-state index contributed by atoms with van der Waals surface area (Å²) in [6.45, 7) is 2.19. The Labute approximate surface area is 272 Å². The van der Waals surface area contributed by atoms with Gasteiger partial charge < -0.3 is 4.74 Å². The van der Waals surface area contributed by atoms with Crippen LogP contribution in [-0.4, -0.2) is 0 Å². The van der Waals surface area contributed by atoms with E-state index in [0.29, 0.717) is 12.1 Å². The first-order chi connectivity index (χ1) is 22.9. The van der Waals surface area contributed by atoms with Crippen molar-refractivity contribution in [1.29, 1.82) is 0 Å². The van der Waals surface area contributed by atoms with Crippen molar-refractivity contribution >= 4 is 0 Å². The standard InChI is InChI=1S/C38H31F9O/c1-2-3-4-5-22-6-9-24(10-7-22)26-14-15-29(31(40)18-26)27-13-12-25(30(39)19-27)11-8-23-16-32(41)36(33(42)17-23)38(46,47)48-28-20-34(43)37(45)35(44)21-28/h12-22,24H,2-7,9-10H2,1H3. The summed E-state index contributed by atoms with van der Waals surface area (Å²) in [4.78, 5) is 0. The second-order valence-electron chi connectivity index (χ2n) is 12.0. The number of hydrogen-bond acceptors (Lipinski definition) is 1. The number of benzene rings is 4. The molecule has 4 aromatic carbocycles. The van der Waals surface area contributed by atoms with E-state index in [1.54, 1.807) is 6.07 Å². The van der Waals surface area contributed by atoms with Crippen molar-refractivity contribution in [2.24, 2.45) is 5.92 Å². The third-order valence-corrected chi connectivity index (χ3v) is 8.69. The van der Waals surface area contributed by atoms with Crippen LogP contribution >= 0.6 is 0 Å². The van der Waals surface area contributed by atoms with Gasteiger partial charge in [0.25, 0.3) is 0 Å². The quantitative estimate of drug-likeness (QED) is 0.0743. The predicted octanol–water partition coefficient (Wildman–Crippen LogP) is 11.7. The summed E-state index contributed by atoms with van der Waals surface area (Å²) in [5.41, 5.74) is -1.17. The van der Waals surface area contributed by atoms with Crippen LogP contribution in [-0.2, 0) is 6.11 Å². The van der Waals surface area contributed by atoms with E-state index in [9.17, 15) is 35.1 Å². The van der Waals surface area contributed by atoms with Gasteiger partial charge in [-0.05, 0) is 79.0 Å². The molecule has 4 aromatic rings. The van der Waals surface area contributed by atoms with Gasteiger partial charge in [-0.25, -0.2) is 30.7 Å². The summed E-state index contributed by atoms with van der Waals surface area (Å²) in [5, 5.41) is 0. The van der Waals surface area contributed by atoms with Crippen molar-refractivity contribution in [3.8, 4) is 28.7 Å². The smallest absolute Gasteiger partial charge is 0.429 e. The van der Waals surface area contributed by atoms with Crippen molar-refractivity contribution in [2.75, 3.05) is 0 Å². The average Bonchev–Trinajstić information content (AvgIpc) is 3.03. The Hall–Kier alpha value is -4.39. The molecular formula is C38H31F9O. The van der Waals surface area contributed by atoms with E-state index in [-0.39, 0.29) is 34.7 Å². The minimum atomic E-state index is -4.76. The van der Waals surface area contributed by atoms with Gasteiger partial charge in [0, 0.05) is 23.3 Å². The molecule has 1 nitrogen and oxygen atoms in total. The molecule has 1 saturated carbocycles. The Morgan fingerprint density at radius 2 is 1.35 bits per heavy atom. The Morgan fingerprint density at radius 1 is 0.688 bits per heavy atom. The lowest BCUT2D eigenvalue weighted by atomic mass is 9.77. The molecule has 252 valence electrons. The third-order valence-electron chi connectivity index (χ3n) is 8.69. The van der Waals surface area contributed by atoms with Crippen LogP contribution in [0.15, 0.2) is 60.7 Å². The average molecular weight is 675 g/mol. The molecule has 1 aliphatic carbocycles. The van der Waals surface area contributed by atoms with Gasteiger partial charge in [-0.2, -0.15) is 8.78 Å². The molecule has 1 aliphatic rings. The highest BCUT2D eigenvalue weighted by Crippen LogP contribution is 2.39. The van der Waals surface area contributed by atoms with E-state index in [2.05, 4.69) is 23.5 Å². The lowest BCUT2D eigenvalue weighted by Gasteiger charge is -2.29. The Balaban J connectivity index is 1.28. The molecule has 0 aliphatic heterocycles. The minimum absolute atomic E-state index is 0.0897. The second kappa shape index (κ2) is 14.8. The van der Waals surface area contributed by atoms with E-state index in [4.69, 9.17) is 0 Å². The first-order valence-corrected chi connectivity index (χ1v) is 15.7. The number of unbranched alkanes of at least 4 members (excludes halogenated alkanes) is 2. The fourth-order valence-corrected chi connectivity index (χ4v) is 6.12. The van der Waals surface area contributed by atoms with Crippen LogP contribution in [0.2, 0.25) is 0 Å². The molecule has 1 fully saturated rings. The zero-order valence-corrected chi connectivity index (χ0v) is 25.9. The zero-order chi connectivity index (χ0) is 34.6. The summed E-state index contributed by atoms with van der Waals surface area (Å²) >= 11 is 0. The van der Waals surface area contributed by atoms with Crippen molar-refractivity contribution in [3.05, 3.63) is 124 Å². The minimum Gasteiger partial charge on any atom is -0.429 e. The lowest BCUT2D eigenvalue weighted by Crippen LogP contribution is -2.25. The monoisotopic (exact) mass is 674 g/mol. The van der Waals surface area contributed by atoms with E-state index in [1.807, 2.05) is 6.07 Å². The normalized spacial score (nSPS) is 16.4. The maximum Gasteiger partial charge on any atom is 0.432 e. The number of ether oxygens (including phenoxy) is 1. The maximum absolute atomic E-state index is 15.2. The van der Waals surface area contributed by atoms with Gasteiger partial charge in [-0.1, -0.05) is 62.6 Å². The van der Waals surface area contributed by atoms with Crippen molar-refractivity contribution in [3.63, 3.8) is 0 Å². The molecule has 0 amide bonds. The van der Waals surface area contributed by atoms with Crippen LogP contribution in [0.5, 0.6) is 5.75 Å². The molecular weight excluding hydrogens is 643 g/mol. The van der Waals surface area contributed by atoms with Gasteiger partial charge in [0.1, 0.15) is 34.6 Å². The molecule has 0 saturated heterocycles. The maximum atomic E-state index is 15.2. The van der Waals surface area contributed by atoms with Crippen LogP contribution in [0.4, 0.5) is 39.5 Å². The van der Waals surface area contributed by atoms with Gasteiger partial charge in [0.05, 0.1) is 5.56 Å². The van der Waals surface area contributed by atoms with Crippen molar-refractivity contribution < 1.29 is 44.3 Å². The molecule has 0 atom stereocenters. The summed E-state index contributed by atoms with van der Waals surface area (Å²) in [6, 6.07) is 9.82. The highest BCUT2D eigenvalue weighted by atomic mass is 19.3. The Morgan fingerprint density at radius 3 is 1.96 bits per heavy atom. The number of halogens is 9. The first-order valence-electron chi connectivity index (χ1n) is 15.7. The van der Waals surface area contributed by atoms with Crippen LogP contribution in [0.3, 0.4) is 0 Å². The number of rotatable bonds is 9. The van der Waals surface area contributed by atoms with Gasteiger partial charge in [0.2, 0.25) is 0 Å². The van der Waals surface area contributed by atoms with E-state index in [1.165, 1.54) is 43.9 Å². The number of hydrogen-bond donors (Lipinski definition) is 0. The molecule has 0 spiro atoms. The molecule has 10 heteroatoms. The molecule has 5 rings (SSSR count). The van der Waals surface area contributed by atoms with Gasteiger partial charge in [-0.3, -0.25) is 0 Å². The van der Waals surface area contributed by atoms with E-state index in [0.717, 1.165) is 43.2 Å². The van der Waals surface area contributed by atoms with Crippen molar-refractivity contribution in [1.82, 2.24) is 0 Å². The summed E-state index contributed by atoms with van der Waals surface area (Å²) < 4.78 is 133. The third kappa shape index (κ3) is 8.00. The molecule has 0 N–H and O–H groups in total. The largest absolute Gasteiger partial charge is 0.432 e. The number of alkyl halides is 2. The molecule has 0 aromatic heterocycles. The molecule has 0 heterocycles. The van der Waals surface area contributed by atoms with Gasteiger partial charge in [-0.15, -0.1) is 0 Å². The highest BCUT2D eigenvalue weighted by molar-refractivity contribution is 5.66.